The van der Waals surface area contributed by atoms with Crippen LogP contribution in [0.15, 0.2) is 18.3 Å². The average molecular weight is 271 g/mol. The topological polar surface area (TPSA) is 62.2 Å². The van der Waals surface area contributed by atoms with Gasteiger partial charge in [0.15, 0.2) is 0 Å². The number of piperazine rings is 1. The average Bonchev–Trinajstić information content (AvgIpc) is 2.83. The highest BCUT2D eigenvalue weighted by Crippen LogP contribution is 2.28. The van der Waals surface area contributed by atoms with Crippen LogP contribution in [0.1, 0.15) is 5.56 Å². The fraction of sp³-hybridized carbons (Fsp3) is 0.429. The number of carbonyl (C=O) groups is 1. The van der Waals surface area contributed by atoms with E-state index >= 15 is 0 Å². The van der Waals surface area contributed by atoms with Crippen molar-refractivity contribution in [1.82, 2.24) is 20.0 Å². The first-order valence-corrected chi connectivity index (χ1v) is 7.01. The minimum Gasteiger partial charge on any atom is -0.323 e. The molecule has 4 rings (SSSR count). The van der Waals surface area contributed by atoms with E-state index in [2.05, 4.69) is 32.8 Å². The van der Waals surface area contributed by atoms with Gasteiger partial charge in [-0.15, -0.1) is 0 Å². The number of benzene rings is 1. The number of rotatable bonds is 2. The Labute approximate surface area is 116 Å². The van der Waals surface area contributed by atoms with Gasteiger partial charge in [0.05, 0.1) is 17.4 Å². The molecular weight excluding hydrogens is 254 g/mol. The lowest BCUT2D eigenvalue weighted by Crippen LogP contribution is -2.42. The Kier molecular flexibility index (Phi) is 2.71. The lowest BCUT2D eigenvalue weighted by molar-refractivity contribution is -0.117. The van der Waals surface area contributed by atoms with Crippen LogP contribution in [0.25, 0.3) is 10.9 Å². The molecule has 104 valence electrons. The van der Waals surface area contributed by atoms with E-state index in [0.29, 0.717) is 6.54 Å². The molecule has 6 nitrogen and oxygen atoms in total. The molecule has 1 saturated heterocycles. The summed E-state index contributed by atoms with van der Waals surface area (Å²) in [5.74, 6) is 0.00169. The van der Waals surface area contributed by atoms with Crippen molar-refractivity contribution < 1.29 is 4.79 Å². The number of amides is 1. The predicted octanol–water partition coefficient (Wildman–Crippen LogP) is 0.394. The van der Waals surface area contributed by atoms with E-state index in [1.165, 1.54) is 5.56 Å². The molecule has 3 heterocycles. The van der Waals surface area contributed by atoms with Crippen LogP contribution in [0.4, 0.5) is 5.69 Å². The molecule has 0 saturated carbocycles. The summed E-state index contributed by atoms with van der Waals surface area (Å²) < 4.78 is 1.78. The lowest BCUT2D eigenvalue weighted by Gasteiger charge is -2.27. The quantitative estimate of drug-likeness (QED) is 0.829. The van der Waals surface area contributed by atoms with Crippen molar-refractivity contribution >= 4 is 22.5 Å². The smallest absolute Gasteiger partial charge is 0.246 e. The largest absolute Gasteiger partial charge is 0.323 e. The highest BCUT2D eigenvalue weighted by molar-refractivity contribution is 6.04. The predicted molar refractivity (Wildman–Crippen MR) is 76.5 cm³/mol. The fourth-order valence-electron chi connectivity index (χ4n) is 3.05. The third-order valence-corrected chi connectivity index (χ3v) is 3.98. The zero-order valence-corrected chi connectivity index (χ0v) is 11.2. The summed E-state index contributed by atoms with van der Waals surface area (Å²) in [7, 11) is 0. The van der Waals surface area contributed by atoms with Gasteiger partial charge >= 0.3 is 0 Å². The minimum absolute atomic E-state index is 0.00169. The third kappa shape index (κ3) is 1.97. The number of aromatic nitrogens is 2. The van der Waals surface area contributed by atoms with Crippen molar-refractivity contribution in [2.45, 2.75) is 13.1 Å². The Hall–Kier alpha value is -1.92. The van der Waals surface area contributed by atoms with Crippen LogP contribution >= 0.6 is 0 Å². The summed E-state index contributed by atoms with van der Waals surface area (Å²) >= 11 is 0. The molecule has 2 aliphatic heterocycles. The van der Waals surface area contributed by atoms with E-state index in [9.17, 15) is 4.79 Å². The van der Waals surface area contributed by atoms with Gasteiger partial charge in [0.1, 0.15) is 6.54 Å². The summed E-state index contributed by atoms with van der Waals surface area (Å²) in [5, 5.41) is 11.7. The SMILES string of the molecule is O=C1Cn2ncc3cc(CN4CCNCC4)cc(c32)N1. The number of nitrogens with zero attached hydrogens (tertiary/aromatic N) is 3. The van der Waals surface area contributed by atoms with E-state index < -0.39 is 0 Å². The molecular formula is C14H17N5O. The molecule has 1 aromatic heterocycles. The molecule has 0 unspecified atom stereocenters. The summed E-state index contributed by atoms with van der Waals surface area (Å²) in [5.41, 5.74) is 3.16. The van der Waals surface area contributed by atoms with Gasteiger partial charge in [0, 0.05) is 38.1 Å². The van der Waals surface area contributed by atoms with Crippen LogP contribution in [-0.2, 0) is 17.9 Å². The molecule has 1 aromatic carbocycles. The third-order valence-electron chi connectivity index (χ3n) is 3.98. The van der Waals surface area contributed by atoms with E-state index in [-0.39, 0.29) is 5.91 Å². The first-order valence-electron chi connectivity index (χ1n) is 7.01. The van der Waals surface area contributed by atoms with Gasteiger partial charge in [-0.2, -0.15) is 5.10 Å². The highest BCUT2D eigenvalue weighted by Gasteiger charge is 2.20. The molecule has 0 atom stereocenters. The molecule has 2 aromatic rings. The van der Waals surface area contributed by atoms with E-state index in [1.807, 2.05) is 6.20 Å². The Bertz CT molecular complexity index is 671. The fourth-order valence-corrected chi connectivity index (χ4v) is 3.05. The monoisotopic (exact) mass is 271 g/mol. The maximum Gasteiger partial charge on any atom is 0.246 e. The summed E-state index contributed by atoms with van der Waals surface area (Å²) in [6.45, 7) is 5.46. The number of carbonyl (C=O) groups excluding carboxylic acids is 1. The van der Waals surface area contributed by atoms with Crippen molar-refractivity contribution in [3.63, 3.8) is 0 Å². The van der Waals surface area contributed by atoms with Crippen molar-refractivity contribution in [2.75, 3.05) is 31.5 Å². The van der Waals surface area contributed by atoms with Gasteiger partial charge in [-0.05, 0) is 17.7 Å². The first kappa shape index (κ1) is 11.9. The van der Waals surface area contributed by atoms with Gasteiger partial charge in [0.25, 0.3) is 0 Å². The first-order chi connectivity index (χ1) is 9.79. The van der Waals surface area contributed by atoms with E-state index in [0.717, 1.165) is 49.3 Å². The second kappa shape index (κ2) is 4.57. The molecule has 0 spiro atoms. The summed E-state index contributed by atoms with van der Waals surface area (Å²) in [6.07, 6.45) is 1.85. The Morgan fingerprint density at radius 1 is 1.25 bits per heavy atom. The molecule has 1 amide bonds. The highest BCUT2D eigenvalue weighted by atomic mass is 16.2. The molecule has 0 bridgehead atoms. The lowest BCUT2D eigenvalue weighted by atomic mass is 10.1. The normalized spacial score (nSPS) is 19.3. The molecule has 6 heteroatoms. The van der Waals surface area contributed by atoms with Crippen LogP contribution in [-0.4, -0.2) is 46.8 Å². The second-order valence-corrected chi connectivity index (χ2v) is 5.46. The van der Waals surface area contributed by atoms with Gasteiger partial charge < -0.3 is 10.6 Å². The number of nitrogens with one attached hydrogen (secondary N) is 2. The number of hydrogen-bond acceptors (Lipinski definition) is 4. The molecule has 20 heavy (non-hydrogen) atoms. The second-order valence-electron chi connectivity index (χ2n) is 5.46. The molecule has 1 fully saturated rings. The van der Waals surface area contributed by atoms with E-state index in [1.54, 1.807) is 4.68 Å². The maximum atomic E-state index is 11.7. The minimum atomic E-state index is 0.00169. The molecule has 0 radical (unpaired) electrons. The van der Waals surface area contributed by atoms with Crippen molar-refractivity contribution in [2.24, 2.45) is 0 Å². The number of anilines is 1. The van der Waals surface area contributed by atoms with Gasteiger partial charge in [-0.3, -0.25) is 14.4 Å². The standard InChI is InChI=1S/C14H17N5O/c20-13-9-19-14-11(7-16-19)5-10(6-12(14)17-13)8-18-3-1-15-2-4-18/h5-7,15H,1-4,8-9H2,(H,17,20). The molecule has 2 N–H and O–H groups in total. The van der Waals surface area contributed by atoms with Gasteiger partial charge in [0.2, 0.25) is 5.91 Å². The van der Waals surface area contributed by atoms with Crippen LogP contribution in [0, 0.1) is 0 Å². The Morgan fingerprint density at radius 3 is 2.95 bits per heavy atom. The van der Waals surface area contributed by atoms with Crippen LogP contribution in [0.5, 0.6) is 0 Å². The van der Waals surface area contributed by atoms with E-state index in [4.69, 9.17) is 0 Å². The van der Waals surface area contributed by atoms with Crippen LogP contribution < -0.4 is 10.6 Å². The Balaban J connectivity index is 1.69. The Morgan fingerprint density at radius 2 is 2.10 bits per heavy atom. The van der Waals surface area contributed by atoms with Gasteiger partial charge in [-0.25, -0.2) is 0 Å². The summed E-state index contributed by atoms with van der Waals surface area (Å²) in [6, 6.07) is 4.27. The van der Waals surface area contributed by atoms with Crippen molar-refractivity contribution in [3.8, 4) is 0 Å². The van der Waals surface area contributed by atoms with Crippen LogP contribution in [0.2, 0.25) is 0 Å². The molecule has 2 aliphatic rings. The van der Waals surface area contributed by atoms with Crippen molar-refractivity contribution in [1.29, 1.82) is 0 Å². The number of hydrogen-bond donors (Lipinski definition) is 2. The van der Waals surface area contributed by atoms with Crippen molar-refractivity contribution in [3.05, 3.63) is 23.9 Å². The zero-order valence-electron chi connectivity index (χ0n) is 11.2. The van der Waals surface area contributed by atoms with Gasteiger partial charge in [-0.1, -0.05) is 0 Å². The summed E-state index contributed by atoms with van der Waals surface area (Å²) in [4.78, 5) is 14.1. The maximum absolute atomic E-state index is 11.7. The zero-order chi connectivity index (χ0) is 13.5. The molecule has 0 aliphatic carbocycles. The van der Waals surface area contributed by atoms with Crippen LogP contribution in [0.3, 0.4) is 0 Å².